The Labute approximate surface area is 176 Å². The number of carbonyl (C=O) groups is 1. The highest BCUT2D eigenvalue weighted by atomic mass is 16.5. The fourth-order valence-electron chi connectivity index (χ4n) is 4.67. The van der Waals surface area contributed by atoms with Crippen molar-refractivity contribution in [3.63, 3.8) is 0 Å². The van der Waals surface area contributed by atoms with Crippen LogP contribution in [-0.4, -0.2) is 43.3 Å². The smallest absolute Gasteiger partial charge is 0.337 e. The first kappa shape index (κ1) is 21.2. The van der Waals surface area contributed by atoms with E-state index < -0.39 is 17.3 Å². The lowest BCUT2D eigenvalue weighted by molar-refractivity contribution is 0.0600. The van der Waals surface area contributed by atoms with Crippen LogP contribution in [0.3, 0.4) is 0 Å². The lowest BCUT2D eigenvalue weighted by Crippen LogP contribution is -2.52. The minimum atomic E-state index is -1.70. The summed E-state index contributed by atoms with van der Waals surface area (Å²) >= 11 is 0. The van der Waals surface area contributed by atoms with Gasteiger partial charge in [0.25, 0.3) is 0 Å². The van der Waals surface area contributed by atoms with Gasteiger partial charge in [-0.2, -0.15) is 15.8 Å². The molecule has 0 amide bonds. The maximum absolute atomic E-state index is 11.8. The van der Waals surface area contributed by atoms with E-state index in [0.717, 1.165) is 18.5 Å². The number of carbonyl (C=O) groups excluding carboxylic acids is 1. The van der Waals surface area contributed by atoms with Gasteiger partial charge in [0.05, 0.1) is 42.5 Å². The van der Waals surface area contributed by atoms with E-state index in [2.05, 4.69) is 17.9 Å². The van der Waals surface area contributed by atoms with Gasteiger partial charge in [-0.1, -0.05) is 25.1 Å². The maximum Gasteiger partial charge on any atom is 0.337 e. The summed E-state index contributed by atoms with van der Waals surface area (Å²) in [6.45, 7) is 4.18. The van der Waals surface area contributed by atoms with Crippen molar-refractivity contribution < 1.29 is 9.53 Å². The van der Waals surface area contributed by atoms with Gasteiger partial charge in [-0.15, -0.1) is 0 Å². The Hall–Kier alpha value is -3.47. The van der Waals surface area contributed by atoms with Crippen LogP contribution in [0, 0.1) is 56.7 Å². The molecule has 7 nitrogen and oxygen atoms in total. The molecule has 152 valence electrons. The monoisotopic (exact) mass is 401 g/mol. The fourth-order valence-corrected chi connectivity index (χ4v) is 4.67. The van der Waals surface area contributed by atoms with Crippen LogP contribution in [0.5, 0.6) is 0 Å². The summed E-state index contributed by atoms with van der Waals surface area (Å²) in [6, 6.07) is 13.1. The summed E-state index contributed by atoms with van der Waals surface area (Å²) in [5.74, 6) is -1.98. The summed E-state index contributed by atoms with van der Waals surface area (Å²) in [5, 5.41) is 38.3. The van der Waals surface area contributed by atoms with Crippen molar-refractivity contribution >= 4 is 11.7 Å². The van der Waals surface area contributed by atoms with E-state index in [1.54, 1.807) is 24.3 Å². The molecule has 30 heavy (non-hydrogen) atoms. The Bertz CT molecular complexity index is 992. The summed E-state index contributed by atoms with van der Waals surface area (Å²) in [4.78, 5) is 14.0. The van der Waals surface area contributed by atoms with Gasteiger partial charge in [-0.25, -0.2) is 4.79 Å². The van der Waals surface area contributed by atoms with E-state index >= 15 is 0 Å². The molecule has 1 aliphatic heterocycles. The maximum atomic E-state index is 11.8. The van der Waals surface area contributed by atoms with Crippen molar-refractivity contribution in [1.82, 2.24) is 4.90 Å². The van der Waals surface area contributed by atoms with Gasteiger partial charge in [0.1, 0.15) is 0 Å². The van der Waals surface area contributed by atoms with Crippen molar-refractivity contribution in [2.45, 2.75) is 19.3 Å². The molecular weight excluding hydrogens is 378 g/mol. The number of fused-ring (bicyclic) bond motifs is 1. The number of nitrogens with one attached hydrogen (secondary N) is 1. The number of esters is 1. The Balaban J connectivity index is 2.13. The number of hydrogen-bond acceptors (Lipinski definition) is 7. The molecule has 7 heteroatoms. The standard InChI is InChI=1S/C23H23N5O2/c1-3-9-28-10-8-19-18(12-28)20(15-4-6-16(7-5-15)22(29)30-2)17(11-24)21(27)23(19,13-25)14-26/h4-8,17-18,20,27H,3,9-10,12H2,1-2H3/t17-,18-,20-/m1/s1. The van der Waals surface area contributed by atoms with Crippen molar-refractivity contribution in [3.05, 3.63) is 47.0 Å². The topological polar surface area (TPSA) is 125 Å². The predicted molar refractivity (Wildman–Crippen MR) is 109 cm³/mol. The number of nitrogens with zero attached hydrogens (tertiary/aromatic N) is 4. The molecule has 0 spiro atoms. The SMILES string of the molecule is CCCN1CC=C2[C@@H](C1)[C@H](c1ccc(C(=O)OC)cc1)[C@@H](C#N)C(=N)C2(C#N)C#N. The number of benzene rings is 1. The third-order valence-corrected chi connectivity index (χ3v) is 6.10. The van der Waals surface area contributed by atoms with Crippen LogP contribution in [0.25, 0.3) is 0 Å². The Kier molecular flexibility index (Phi) is 6.01. The molecule has 1 fully saturated rings. The second kappa shape index (κ2) is 8.49. The zero-order valence-corrected chi connectivity index (χ0v) is 17.1. The van der Waals surface area contributed by atoms with Gasteiger partial charge in [0.15, 0.2) is 0 Å². The van der Waals surface area contributed by atoms with E-state index in [9.17, 15) is 20.6 Å². The molecule has 0 unspecified atom stereocenters. The first-order chi connectivity index (χ1) is 14.5. The molecular formula is C23H23N5O2. The third kappa shape index (κ3) is 3.26. The first-order valence-electron chi connectivity index (χ1n) is 9.89. The minimum Gasteiger partial charge on any atom is -0.465 e. The van der Waals surface area contributed by atoms with Gasteiger partial charge in [-0.05, 0) is 36.2 Å². The lowest BCUT2D eigenvalue weighted by Gasteiger charge is -2.47. The van der Waals surface area contributed by atoms with Crippen LogP contribution in [0.2, 0.25) is 0 Å². The highest BCUT2D eigenvalue weighted by molar-refractivity contribution is 6.01. The van der Waals surface area contributed by atoms with E-state index in [1.807, 2.05) is 18.2 Å². The van der Waals surface area contributed by atoms with Gasteiger partial charge in [0.2, 0.25) is 5.41 Å². The molecule has 1 aromatic rings. The van der Waals surface area contributed by atoms with Crippen molar-refractivity contribution in [2.24, 2.45) is 17.3 Å². The molecule has 0 aromatic heterocycles. The van der Waals surface area contributed by atoms with E-state index in [-0.39, 0.29) is 17.5 Å². The third-order valence-electron chi connectivity index (χ3n) is 6.10. The molecule has 3 rings (SSSR count). The van der Waals surface area contributed by atoms with Crippen LogP contribution in [0.4, 0.5) is 0 Å². The van der Waals surface area contributed by atoms with Crippen LogP contribution < -0.4 is 0 Å². The van der Waals surface area contributed by atoms with Gasteiger partial charge >= 0.3 is 5.97 Å². The molecule has 1 saturated carbocycles. The average Bonchev–Trinajstić information content (AvgIpc) is 2.78. The summed E-state index contributed by atoms with van der Waals surface area (Å²) < 4.78 is 4.75. The molecule has 3 atom stereocenters. The number of hydrogen-bond donors (Lipinski definition) is 1. The average molecular weight is 401 g/mol. The van der Waals surface area contributed by atoms with Crippen LogP contribution in [0.1, 0.15) is 35.2 Å². The van der Waals surface area contributed by atoms with E-state index in [1.165, 1.54) is 7.11 Å². The molecule has 0 saturated heterocycles. The fraction of sp³-hybridized carbons (Fsp3) is 0.435. The van der Waals surface area contributed by atoms with E-state index in [0.29, 0.717) is 24.2 Å². The molecule has 1 aromatic carbocycles. The minimum absolute atomic E-state index is 0.163. The summed E-state index contributed by atoms with van der Waals surface area (Å²) in [7, 11) is 1.31. The van der Waals surface area contributed by atoms with Gasteiger partial charge in [0, 0.05) is 24.9 Å². The number of ether oxygens (including phenoxy) is 1. The van der Waals surface area contributed by atoms with Gasteiger partial charge in [-0.3, -0.25) is 4.90 Å². The molecule has 0 bridgehead atoms. The zero-order chi connectivity index (χ0) is 21.9. The second-order valence-corrected chi connectivity index (χ2v) is 7.66. The van der Waals surface area contributed by atoms with Gasteiger partial charge < -0.3 is 10.1 Å². The zero-order valence-electron chi connectivity index (χ0n) is 17.1. The van der Waals surface area contributed by atoms with Crippen LogP contribution in [-0.2, 0) is 4.74 Å². The number of rotatable bonds is 4. The highest BCUT2D eigenvalue weighted by Crippen LogP contribution is 2.52. The molecule has 1 N–H and O–H groups in total. The quantitative estimate of drug-likeness (QED) is 0.611. The highest BCUT2D eigenvalue weighted by Gasteiger charge is 2.56. The molecule has 1 heterocycles. The normalized spacial score (nSPS) is 25.1. The van der Waals surface area contributed by atoms with Crippen LogP contribution in [0.15, 0.2) is 35.9 Å². The lowest BCUT2D eigenvalue weighted by atomic mass is 9.55. The molecule has 0 radical (unpaired) electrons. The van der Waals surface area contributed by atoms with Crippen molar-refractivity contribution in [2.75, 3.05) is 26.7 Å². The van der Waals surface area contributed by atoms with Crippen molar-refractivity contribution in [1.29, 1.82) is 21.2 Å². The Morgan fingerprint density at radius 2 is 1.93 bits per heavy atom. The Morgan fingerprint density at radius 3 is 2.47 bits per heavy atom. The van der Waals surface area contributed by atoms with Crippen LogP contribution >= 0.6 is 0 Å². The summed E-state index contributed by atoms with van der Waals surface area (Å²) in [5.41, 5.74) is -0.0399. The number of nitriles is 3. The molecule has 2 aliphatic rings. The molecule has 1 aliphatic carbocycles. The van der Waals surface area contributed by atoms with Crippen molar-refractivity contribution in [3.8, 4) is 18.2 Å². The van der Waals surface area contributed by atoms with E-state index in [4.69, 9.17) is 10.1 Å². The first-order valence-corrected chi connectivity index (χ1v) is 9.89. The summed E-state index contributed by atoms with van der Waals surface area (Å²) in [6.07, 6.45) is 2.86. The number of methoxy groups -OCH3 is 1. The Morgan fingerprint density at radius 1 is 1.27 bits per heavy atom. The predicted octanol–water partition coefficient (Wildman–Crippen LogP) is 3.03. The largest absolute Gasteiger partial charge is 0.465 e. The second-order valence-electron chi connectivity index (χ2n) is 7.66.